The van der Waals surface area contributed by atoms with Crippen LogP contribution in [0.25, 0.3) is 0 Å². The van der Waals surface area contributed by atoms with E-state index < -0.39 is 0 Å². The summed E-state index contributed by atoms with van der Waals surface area (Å²) in [4.78, 5) is 22.7. The lowest BCUT2D eigenvalue weighted by atomic mass is 9.84. The van der Waals surface area contributed by atoms with Gasteiger partial charge in [-0.25, -0.2) is 0 Å². The van der Waals surface area contributed by atoms with E-state index in [1.54, 1.807) is 0 Å². The van der Waals surface area contributed by atoms with Gasteiger partial charge in [0.15, 0.2) is 0 Å². The molecule has 0 radical (unpaired) electrons. The molecule has 0 saturated heterocycles. The maximum Gasteiger partial charge on any atom is 0.305 e. The van der Waals surface area contributed by atoms with Gasteiger partial charge in [0.05, 0.1) is 13.7 Å². The van der Waals surface area contributed by atoms with Crippen molar-refractivity contribution < 1.29 is 19.1 Å². The van der Waals surface area contributed by atoms with Gasteiger partial charge >= 0.3 is 11.9 Å². The van der Waals surface area contributed by atoms with Gasteiger partial charge in [-0.05, 0) is 31.1 Å². The second-order valence-corrected chi connectivity index (χ2v) is 8.45. The van der Waals surface area contributed by atoms with E-state index in [1.807, 2.05) is 0 Å². The molecule has 0 bridgehead atoms. The highest BCUT2D eigenvalue weighted by molar-refractivity contribution is 5.69. The van der Waals surface area contributed by atoms with Crippen LogP contribution in [0.5, 0.6) is 0 Å². The number of hydrogen-bond donors (Lipinski definition) is 0. The topological polar surface area (TPSA) is 52.6 Å². The Balaban J connectivity index is 3.30. The maximum atomic E-state index is 11.7. The first-order valence-corrected chi connectivity index (χ1v) is 11.1. The third-order valence-electron chi connectivity index (χ3n) is 5.46. The zero-order valence-electron chi connectivity index (χ0n) is 18.4. The van der Waals surface area contributed by atoms with Crippen LogP contribution in [-0.4, -0.2) is 25.7 Å². The fourth-order valence-corrected chi connectivity index (χ4v) is 3.02. The van der Waals surface area contributed by atoms with E-state index in [1.165, 1.54) is 39.2 Å². The molecule has 0 fully saturated rings. The summed E-state index contributed by atoms with van der Waals surface area (Å²) in [7, 11) is 1.43. The Morgan fingerprint density at radius 2 is 1.19 bits per heavy atom. The number of methoxy groups -OCH3 is 1. The monoisotopic (exact) mass is 384 g/mol. The van der Waals surface area contributed by atoms with E-state index in [4.69, 9.17) is 4.74 Å². The van der Waals surface area contributed by atoms with Crippen molar-refractivity contribution in [3.63, 3.8) is 0 Å². The molecule has 27 heavy (non-hydrogen) atoms. The smallest absolute Gasteiger partial charge is 0.305 e. The fourth-order valence-electron chi connectivity index (χ4n) is 3.02. The summed E-state index contributed by atoms with van der Waals surface area (Å²) in [5.41, 5.74) is 0.479. The lowest BCUT2D eigenvalue weighted by Crippen LogP contribution is -2.08. The number of carbonyl (C=O) groups excluding carboxylic acids is 2. The molecule has 0 aromatic carbocycles. The van der Waals surface area contributed by atoms with Crippen molar-refractivity contribution in [1.82, 2.24) is 0 Å². The molecule has 0 spiro atoms. The Hall–Kier alpha value is -1.06. The van der Waals surface area contributed by atoms with Gasteiger partial charge in [-0.1, -0.05) is 78.6 Å². The minimum Gasteiger partial charge on any atom is -0.469 e. The van der Waals surface area contributed by atoms with Crippen molar-refractivity contribution >= 4 is 11.9 Å². The molecule has 0 aliphatic heterocycles. The van der Waals surface area contributed by atoms with Crippen LogP contribution in [0.4, 0.5) is 0 Å². The first-order chi connectivity index (χ1) is 12.9. The van der Waals surface area contributed by atoms with Crippen molar-refractivity contribution in [2.24, 2.45) is 5.41 Å². The summed E-state index contributed by atoms with van der Waals surface area (Å²) >= 11 is 0. The molecule has 0 N–H and O–H groups in total. The molecule has 0 rings (SSSR count). The normalized spacial score (nSPS) is 11.4. The number of ether oxygens (including phenoxy) is 2. The summed E-state index contributed by atoms with van der Waals surface area (Å²) in [6.07, 6.45) is 15.8. The van der Waals surface area contributed by atoms with Gasteiger partial charge in [0, 0.05) is 12.8 Å². The highest BCUT2D eigenvalue weighted by Gasteiger charge is 2.13. The zero-order valence-corrected chi connectivity index (χ0v) is 18.4. The van der Waals surface area contributed by atoms with Crippen molar-refractivity contribution in [3.05, 3.63) is 0 Å². The Bertz CT molecular complexity index is 377. The summed E-state index contributed by atoms with van der Waals surface area (Å²) in [5.74, 6) is -0.164. The number of carbonyl (C=O) groups is 2. The van der Waals surface area contributed by atoms with E-state index in [0.29, 0.717) is 24.9 Å². The third kappa shape index (κ3) is 18.1. The zero-order chi connectivity index (χ0) is 20.4. The number of esters is 2. The third-order valence-corrected chi connectivity index (χ3v) is 5.46. The molecule has 0 aromatic heterocycles. The van der Waals surface area contributed by atoms with Crippen LogP contribution in [0.3, 0.4) is 0 Å². The average molecular weight is 385 g/mol. The summed E-state index contributed by atoms with van der Waals surface area (Å²) in [6.45, 7) is 7.49. The highest BCUT2D eigenvalue weighted by atomic mass is 16.5. The minimum atomic E-state index is -0.123. The van der Waals surface area contributed by atoms with Crippen molar-refractivity contribution in [1.29, 1.82) is 0 Å². The van der Waals surface area contributed by atoms with Gasteiger partial charge in [0.1, 0.15) is 0 Å². The molecule has 0 aliphatic carbocycles. The molecule has 0 aromatic rings. The Kier molecular flexibility index (Phi) is 16.4. The molecule has 0 unspecified atom stereocenters. The number of rotatable bonds is 18. The molecule has 0 atom stereocenters. The van der Waals surface area contributed by atoms with Crippen LogP contribution in [0.1, 0.15) is 117 Å². The number of unbranched alkanes of at least 4 members (excludes halogenated alkanes) is 9. The van der Waals surface area contributed by atoms with Crippen molar-refractivity contribution in [2.45, 2.75) is 117 Å². The Labute approximate surface area is 167 Å². The molecule has 0 amide bonds. The van der Waals surface area contributed by atoms with Gasteiger partial charge in [-0.15, -0.1) is 0 Å². The Morgan fingerprint density at radius 3 is 1.74 bits per heavy atom. The van der Waals surface area contributed by atoms with Gasteiger partial charge in [-0.3, -0.25) is 9.59 Å². The molecule has 0 aliphatic rings. The lowest BCUT2D eigenvalue weighted by molar-refractivity contribution is -0.144. The molecule has 4 nitrogen and oxygen atoms in total. The Morgan fingerprint density at radius 1 is 0.704 bits per heavy atom. The number of hydrogen-bond acceptors (Lipinski definition) is 4. The van der Waals surface area contributed by atoms with Crippen LogP contribution < -0.4 is 0 Å². The van der Waals surface area contributed by atoms with Gasteiger partial charge in [0.2, 0.25) is 0 Å². The van der Waals surface area contributed by atoms with E-state index in [0.717, 1.165) is 51.4 Å². The molecule has 4 heteroatoms. The quantitative estimate of drug-likeness (QED) is 0.197. The van der Waals surface area contributed by atoms with E-state index >= 15 is 0 Å². The van der Waals surface area contributed by atoms with Crippen LogP contribution in [0.15, 0.2) is 0 Å². The van der Waals surface area contributed by atoms with Crippen LogP contribution in [-0.2, 0) is 19.1 Å². The second kappa shape index (κ2) is 17.1. The fraction of sp³-hybridized carbons (Fsp3) is 0.913. The largest absolute Gasteiger partial charge is 0.469 e. The summed E-state index contributed by atoms with van der Waals surface area (Å²) in [6, 6.07) is 0. The average Bonchev–Trinajstić information content (AvgIpc) is 2.65. The van der Waals surface area contributed by atoms with E-state index in [2.05, 4.69) is 25.5 Å². The van der Waals surface area contributed by atoms with Crippen molar-refractivity contribution in [2.75, 3.05) is 13.7 Å². The van der Waals surface area contributed by atoms with Gasteiger partial charge in [-0.2, -0.15) is 0 Å². The summed E-state index contributed by atoms with van der Waals surface area (Å²) in [5, 5.41) is 0. The molecular weight excluding hydrogens is 340 g/mol. The lowest BCUT2D eigenvalue weighted by Gasteiger charge is -2.22. The van der Waals surface area contributed by atoms with Gasteiger partial charge in [0.25, 0.3) is 0 Å². The molecule has 0 heterocycles. The standard InChI is InChI=1S/C23H44O4/c1-5-23(2,3)19-15-11-8-10-14-18-22(25)27-20-16-12-7-6-9-13-17-21(24)26-4/h5-20H2,1-4H3. The maximum absolute atomic E-state index is 11.7. The van der Waals surface area contributed by atoms with Crippen LogP contribution in [0.2, 0.25) is 0 Å². The summed E-state index contributed by atoms with van der Waals surface area (Å²) < 4.78 is 9.92. The first-order valence-electron chi connectivity index (χ1n) is 11.1. The van der Waals surface area contributed by atoms with E-state index in [-0.39, 0.29) is 11.9 Å². The predicted molar refractivity (Wildman–Crippen MR) is 112 cm³/mol. The predicted octanol–water partition coefficient (Wildman–Crippen LogP) is 6.60. The van der Waals surface area contributed by atoms with Gasteiger partial charge < -0.3 is 9.47 Å². The molecular formula is C23H44O4. The molecule has 160 valence electrons. The van der Waals surface area contributed by atoms with E-state index in [9.17, 15) is 9.59 Å². The highest BCUT2D eigenvalue weighted by Crippen LogP contribution is 2.27. The SMILES string of the molecule is CCC(C)(C)CCCCCCCC(=O)OCCCCCCCCC(=O)OC. The van der Waals surface area contributed by atoms with Crippen LogP contribution in [0, 0.1) is 5.41 Å². The first kappa shape index (κ1) is 25.9. The molecule has 0 saturated carbocycles. The second-order valence-electron chi connectivity index (χ2n) is 8.45. The van der Waals surface area contributed by atoms with Crippen LogP contribution >= 0.6 is 0 Å². The minimum absolute atomic E-state index is 0.0415. The van der Waals surface area contributed by atoms with Crippen molar-refractivity contribution in [3.8, 4) is 0 Å².